The maximum absolute atomic E-state index is 11.0. The zero-order valence-corrected chi connectivity index (χ0v) is 11.2. The summed E-state index contributed by atoms with van der Waals surface area (Å²) in [6.07, 6.45) is 0. The van der Waals surface area contributed by atoms with Crippen LogP contribution >= 0.6 is 0 Å². The molecule has 0 aromatic heterocycles. The van der Waals surface area contributed by atoms with Gasteiger partial charge in [-0.05, 0) is 49.2 Å². The molecule has 0 aliphatic rings. The van der Waals surface area contributed by atoms with Crippen molar-refractivity contribution in [3.05, 3.63) is 69.1 Å². The summed E-state index contributed by atoms with van der Waals surface area (Å²) in [7, 11) is 0. The van der Waals surface area contributed by atoms with E-state index in [4.69, 9.17) is 6.57 Å². The maximum atomic E-state index is 11.0. The van der Waals surface area contributed by atoms with E-state index in [1.165, 1.54) is 18.2 Å². The molecule has 0 aliphatic heterocycles. The lowest BCUT2D eigenvalue weighted by atomic mass is 10.1. The number of aryl methyl sites for hydroxylation is 2. The Hall–Kier alpha value is -2.87. The average Bonchev–Trinajstić information content (AvgIpc) is 2.42. The van der Waals surface area contributed by atoms with Gasteiger partial charge < -0.3 is 5.32 Å². The van der Waals surface area contributed by atoms with E-state index in [9.17, 15) is 10.1 Å². The lowest BCUT2D eigenvalue weighted by Gasteiger charge is -2.09. The topological polar surface area (TPSA) is 59.5 Å². The van der Waals surface area contributed by atoms with Crippen molar-refractivity contribution in [1.29, 1.82) is 0 Å². The smallest absolute Gasteiger partial charge is 0.290 e. The summed E-state index contributed by atoms with van der Waals surface area (Å²) in [5.41, 5.74) is 3.65. The fraction of sp³-hybridized carbons (Fsp3) is 0.133. The Morgan fingerprint density at radius 3 is 2.50 bits per heavy atom. The Balaban J connectivity index is 2.43. The van der Waals surface area contributed by atoms with Gasteiger partial charge in [-0.25, -0.2) is 4.85 Å². The Bertz CT molecular complexity index is 718. The molecule has 0 saturated carbocycles. The third kappa shape index (κ3) is 2.75. The molecule has 2 aromatic carbocycles. The fourth-order valence-corrected chi connectivity index (χ4v) is 1.83. The number of nitro benzene ring substituents is 1. The van der Waals surface area contributed by atoms with E-state index >= 15 is 0 Å². The fourth-order valence-electron chi connectivity index (χ4n) is 1.83. The highest BCUT2D eigenvalue weighted by atomic mass is 16.6. The molecule has 0 bridgehead atoms. The summed E-state index contributed by atoms with van der Waals surface area (Å²) in [6, 6.07) is 10.00. The first kappa shape index (κ1) is 13.6. The first-order valence-corrected chi connectivity index (χ1v) is 6.01. The van der Waals surface area contributed by atoms with E-state index < -0.39 is 4.92 Å². The van der Waals surface area contributed by atoms with Crippen LogP contribution in [-0.4, -0.2) is 4.92 Å². The Labute approximate surface area is 116 Å². The van der Waals surface area contributed by atoms with Crippen LogP contribution in [0.25, 0.3) is 4.85 Å². The number of hydrogen-bond donors (Lipinski definition) is 1. The molecule has 2 aromatic rings. The molecular weight excluding hydrogens is 254 g/mol. The van der Waals surface area contributed by atoms with Crippen LogP contribution in [0.1, 0.15) is 11.1 Å². The van der Waals surface area contributed by atoms with Crippen LogP contribution in [-0.2, 0) is 0 Å². The number of nitrogens with one attached hydrogen (secondary N) is 1. The van der Waals surface area contributed by atoms with Gasteiger partial charge in [-0.15, -0.1) is 0 Å². The van der Waals surface area contributed by atoms with Crippen molar-refractivity contribution in [2.24, 2.45) is 0 Å². The van der Waals surface area contributed by atoms with Crippen LogP contribution in [0.15, 0.2) is 36.4 Å². The molecule has 0 radical (unpaired) electrons. The van der Waals surface area contributed by atoms with Gasteiger partial charge in [-0.1, -0.05) is 6.07 Å². The van der Waals surface area contributed by atoms with Crippen LogP contribution in [0.4, 0.5) is 22.7 Å². The van der Waals surface area contributed by atoms with Crippen molar-refractivity contribution >= 4 is 22.7 Å². The number of hydrogen-bond acceptors (Lipinski definition) is 3. The van der Waals surface area contributed by atoms with Crippen molar-refractivity contribution in [2.45, 2.75) is 13.8 Å². The minimum Gasteiger partial charge on any atom is -0.351 e. The largest absolute Gasteiger partial charge is 0.351 e. The normalized spacial score (nSPS) is 9.85. The van der Waals surface area contributed by atoms with Gasteiger partial charge in [0.15, 0.2) is 5.69 Å². The number of rotatable bonds is 3. The van der Waals surface area contributed by atoms with Gasteiger partial charge in [0, 0.05) is 11.8 Å². The van der Waals surface area contributed by atoms with Crippen LogP contribution in [0.3, 0.4) is 0 Å². The summed E-state index contributed by atoms with van der Waals surface area (Å²) in [5.74, 6) is 0. The van der Waals surface area contributed by atoms with Gasteiger partial charge in [0.25, 0.3) is 5.69 Å². The third-order valence-corrected chi connectivity index (χ3v) is 3.09. The number of benzene rings is 2. The molecule has 5 heteroatoms. The van der Waals surface area contributed by atoms with Crippen LogP contribution in [0.5, 0.6) is 0 Å². The number of anilines is 2. The minimum atomic E-state index is -0.461. The standard InChI is InChI=1S/C15H13N3O2/c1-10-4-5-13(8-11(10)2)17-14-9-12(16-3)6-7-15(14)18(19)20/h4-9,17H,1-2H3. The van der Waals surface area contributed by atoms with E-state index in [1.54, 1.807) is 0 Å². The predicted octanol–water partition coefficient (Wildman–Crippen LogP) is 4.51. The first-order valence-electron chi connectivity index (χ1n) is 6.01. The Kier molecular flexibility index (Phi) is 3.67. The van der Waals surface area contributed by atoms with Gasteiger partial charge >= 0.3 is 0 Å². The highest BCUT2D eigenvalue weighted by molar-refractivity contribution is 5.74. The van der Waals surface area contributed by atoms with E-state index in [2.05, 4.69) is 10.2 Å². The monoisotopic (exact) mass is 267 g/mol. The summed E-state index contributed by atoms with van der Waals surface area (Å²) in [4.78, 5) is 13.9. The highest BCUT2D eigenvalue weighted by Crippen LogP contribution is 2.32. The van der Waals surface area contributed by atoms with Gasteiger partial charge in [0.1, 0.15) is 5.69 Å². The zero-order valence-electron chi connectivity index (χ0n) is 11.2. The van der Waals surface area contributed by atoms with E-state index in [1.807, 2.05) is 32.0 Å². The second-order valence-electron chi connectivity index (χ2n) is 4.49. The van der Waals surface area contributed by atoms with Crippen molar-refractivity contribution in [3.63, 3.8) is 0 Å². The van der Waals surface area contributed by atoms with Crippen molar-refractivity contribution in [2.75, 3.05) is 5.32 Å². The molecule has 2 rings (SSSR count). The minimum absolute atomic E-state index is 0.0457. The molecule has 5 nitrogen and oxygen atoms in total. The number of nitro groups is 1. The van der Waals surface area contributed by atoms with Crippen molar-refractivity contribution in [3.8, 4) is 0 Å². The summed E-state index contributed by atoms with van der Waals surface area (Å²) in [5, 5.41) is 14.0. The van der Waals surface area contributed by atoms with Gasteiger partial charge in [-0.2, -0.15) is 0 Å². The SMILES string of the molecule is [C-]#[N+]c1ccc([N+](=O)[O-])c(Nc2ccc(C)c(C)c2)c1. The van der Waals surface area contributed by atoms with Crippen LogP contribution in [0.2, 0.25) is 0 Å². The molecule has 100 valence electrons. The van der Waals surface area contributed by atoms with Crippen LogP contribution < -0.4 is 5.32 Å². The highest BCUT2D eigenvalue weighted by Gasteiger charge is 2.14. The molecule has 0 unspecified atom stereocenters. The van der Waals surface area contributed by atoms with Crippen molar-refractivity contribution in [1.82, 2.24) is 0 Å². The molecule has 0 spiro atoms. The number of nitrogens with zero attached hydrogens (tertiary/aromatic N) is 2. The molecule has 0 aliphatic carbocycles. The van der Waals surface area contributed by atoms with E-state index in [0.29, 0.717) is 11.4 Å². The zero-order chi connectivity index (χ0) is 14.7. The quantitative estimate of drug-likeness (QED) is 0.505. The predicted molar refractivity (Wildman–Crippen MR) is 78.6 cm³/mol. The van der Waals surface area contributed by atoms with Gasteiger partial charge in [0.05, 0.1) is 11.5 Å². The summed E-state index contributed by atoms with van der Waals surface area (Å²) >= 11 is 0. The Morgan fingerprint density at radius 1 is 1.15 bits per heavy atom. The van der Waals surface area contributed by atoms with Gasteiger partial charge in [0.2, 0.25) is 0 Å². The van der Waals surface area contributed by atoms with Crippen LogP contribution in [0, 0.1) is 30.5 Å². The Morgan fingerprint density at radius 2 is 1.90 bits per heavy atom. The molecular formula is C15H13N3O2. The molecule has 0 saturated heterocycles. The third-order valence-electron chi connectivity index (χ3n) is 3.09. The lowest BCUT2D eigenvalue weighted by molar-refractivity contribution is -0.383. The molecule has 0 heterocycles. The maximum Gasteiger partial charge on any atom is 0.290 e. The molecule has 0 atom stereocenters. The second-order valence-corrected chi connectivity index (χ2v) is 4.49. The summed E-state index contributed by atoms with van der Waals surface area (Å²) in [6.45, 7) is 11.0. The lowest BCUT2D eigenvalue weighted by Crippen LogP contribution is -1.97. The molecule has 1 N–H and O–H groups in total. The molecule has 0 amide bonds. The van der Waals surface area contributed by atoms with E-state index in [0.717, 1.165) is 16.8 Å². The average molecular weight is 267 g/mol. The molecule has 0 fully saturated rings. The summed E-state index contributed by atoms with van der Waals surface area (Å²) < 4.78 is 0. The van der Waals surface area contributed by atoms with E-state index in [-0.39, 0.29) is 5.69 Å². The second kappa shape index (κ2) is 5.41. The van der Waals surface area contributed by atoms with Gasteiger partial charge in [-0.3, -0.25) is 10.1 Å². The van der Waals surface area contributed by atoms with Crippen molar-refractivity contribution < 1.29 is 4.92 Å². The molecule has 20 heavy (non-hydrogen) atoms. The first-order chi connectivity index (χ1) is 9.51.